The minimum atomic E-state index is -0.529. The minimum Gasteiger partial charge on any atom is -0.365 e. The maximum atomic E-state index is 13.4. The quantitative estimate of drug-likeness (QED) is 0.690. The van der Waals surface area contributed by atoms with Crippen molar-refractivity contribution in [3.63, 3.8) is 0 Å². The second-order valence-electron chi connectivity index (χ2n) is 3.73. The fraction of sp³-hybridized carbons (Fsp3) is 0.0833. The van der Waals surface area contributed by atoms with Gasteiger partial charge < -0.3 is 5.32 Å². The number of pyridine rings is 1. The maximum absolute atomic E-state index is 13.4. The lowest BCUT2D eigenvalue weighted by molar-refractivity contribution is -0.385. The Kier molecular flexibility index (Phi) is 4.06. The monoisotopic (exact) mass is 325 g/mol. The Morgan fingerprint density at radius 3 is 2.79 bits per heavy atom. The van der Waals surface area contributed by atoms with Crippen molar-refractivity contribution in [2.24, 2.45) is 0 Å². The van der Waals surface area contributed by atoms with E-state index in [0.29, 0.717) is 15.9 Å². The molecule has 0 aliphatic heterocycles. The molecule has 1 heterocycles. The number of nitrogens with one attached hydrogen (secondary N) is 1. The molecule has 0 aliphatic rings. The smallest absolute Gasteiger partial charge is 0.288 e. The van der Waals surface area contributed by atoms with Crippen LogP contribution in [0.4, 0.5) is 15.9 Å². The summed E-state index contributed by atoms with van der Waals surface area (Å²) in [7, 11) is 0. The number of hydrogen-bond donors (Lipinski definition) is 1. The van der Waals surface area contributed by atoms with Crippen LogP contribution in [-0.4, -0.2) is 9.91 Å². The van der Waals surface area contributed by atoms with Crippen LogP contribution in [0.2, 0.25) is 0 Å². The molecular weight excluding hydrogens is 317 g/mol. The molecule has 7 heteroatoms. The van der Waals surface area contributed by atoms with Crippen molar-refractivity contribution >= 4 is 27.4 Å². The highest BCUT2D eigenvalue weighted by atomic mass is 79.9. The van der Waals surface area contributed by atoms with E-state index in [1.807, 2.05) is 0 Å². The van der Waals surface area contributed by atoms with Gasteiger partial charge in [0.1, 0.15) is 17.8 Å². The molecule has 1 N–H and O–H groups in total. The van der Waals surface area contributed by atoms with Crippen LogP contribution in [-0.2, 0) is 6.54 Å². The van der Waals surface area contributed by atoms with E-state index in [9.17, 15) is 14.5 Å². The van der Waals surface area contributed by atoms with E-state index < -0.39 is 4.92 Å². The summed E-state index contributed by atoms with van der Waals surface area (Å²) in [6.45, 7) is 0.246. The van der Waals surface area contributed by atoms with Gasteiger partial charge in [-0.25, -0.2) is 9.37 Å². The summed E-state index contributed by atoms with van der Waals surface area (Å²) in [6, 6.07) is 7.71. The van der Waals surface area contributed by atoms with Gasteiger partial charge >= 0.3 is 0 Å². The SMILES string of the molecule is O=[N+]([O-])c1cnc(NCc2ccccc2F)c(Br)c1. The first-order chi connectivity index (χ1) is 9.08. The third-order valence-electron chi connectivity index (χ3n) is 2.44. The molecule has 1 aromatic carbocycles. The van der Waals surface area contributed by atoms with Crippen LogP contribution in [0.5, 0.6) is 0 Å². The van der Waals surface area contributed by atoms with E-state index in [4.69, 9.17) is 0 Å². The van der Waals surface area contributed by atoms with E-state index in [2.05, 4.69) is 26.2 Å². The molecule has 0 spiro atoms. The van der Waals surface area contributed by atoms with Gasteiger partial charge in [-0.2, -0.15) is 0 Å². The van der Waals surface area contributed by atoms with E-state index in [-0.39, 0.29) is 18.0 Å². The molecule has 0 unspecified atom stereocenters. The second-order valence-corrected chi connectivity index (χ2v) is 4.58. The largest absolute Gasteiger partial charge is 0.365 e. The first kappa shape index (κ1) is 13.4. The van der Waals surface area contributed by atoms with Crippen molar-refractivity contribution in [3.8, 4) is 0 Å². The Balaban J connectivity index is 2.12. The highest BCUT2D eigenvalue weighted by molar-refractivity contribution is 9.10. The third-order valence-corrected chi connectivity index (χ3v) is 3.05. The second kappa shape index (κ2) is 5.75. The molecule has 2 aromatic rings. The van der Waals surface area contributed by atoms with Gasteiger partial charge in [-0.05, 0) is 22.0 Å². The number of aromatic nitrogens is 1. The molecule has 19 heavy (non-hydrogen) atoms. The topological polar surface area (TPSA) is 68.1 Å². The van der Waals surface area contributed by atoms with Crippen LogP contribution in [0, 0.1) is 15.9 Å². The number of anilines is 1. The number of nitro groups is 1. The lowest BCUT2D eigenvalue weighted by Crippen LogP contribution is -2.04. The standard InChI is InChI=1S/C12H9BrFN3O2/c13-10-5-9(17(18)19)7-16-12(10)15-6-8-3-1-2-4-11(8)14/h1-5,7H,6H2,(H,15,16). The van der Waals surface area contributed by atoms with Crippen LogP contribution in [0.3, 0.4) is 0 Å². The molecule has 2 rings (SSSR count). The molecule has 0 aliphatic carbocycles. The Morgan fingerprint density at radius 1 is 1.42 bits per heavy atom. The van der Waals surface area contributed by atoms with Crippen molar-refractivity contribution in [2.45, 2.75) is 6.54 Å². The Hall–Kier alpha value is -2.02. The predicted octanol–water partition coefficient (Wildman–Crippen LogP) is 3.50. The third kappa shape index (κ3) is 3.25. The van der Waals surface area contributed by atoms with Crippen LogP contribution < -0.4 is 5.32 Å². The van der Waals surface area contributed by atoms with Gasteiger partial charge in [0.25, 0.3) is 5.69 Å². The number of hydrogen-bond acceptors (Lipinski definition) is 4. The van der Waals surface area contributed by atoms with Gasteiger partial charge in [0.2, 0.25) is 0 Å². The van der Waals surface area contributed by atoms with Crippen molar-refractivity contribution < 1.29 is 9.31 Å². The van der Waals surface area contributed by atoms with Crippen molar-refractivity contribution in [1.29, 1.82) is 0 Å². The Bertz CT molecular complexity index is 622. The molecular formula is C12H9BrFN3O2. The van der Waals surface area contributed by atoms with Gasteiger partial charge in [-0.15, -0.1) is 0 Å². The van der Waals surface area contributed by atoms with Crippen molar-refractivity contribution in [3.05, 3.63) is 62.5 Å². The molecule has 0 saturated carbocycles. The number of halogens is 2. The lowest BCUT2D eigenvalue weighted by Gasteiger charge is -2.08. The van der Waals surface area contributed by atoms with Crippen LogP contribution in [0.15, 0.2) is 41.0 Å². The maximum Gasteiger partial charge on any atom is 0.288 e. The Labute approximate surface area is 116 Å². The Morgan fingerprint density at radius 2 is 2.16 bits per heavy atom. The van der Waals surface area contributed by atoms with Crippen molar-refractivity contribution in [2.75, 3.05) is 5.32 Å². The zero-order chi connectivity index (χ0) is 13.8. The average Bonchev–Trinajstić information content (AvgIpc) is 2.39. The molecule has 0 fully saturated rings. The van der Waals surface area contributed by atoms with E-state index in [1.54, 1.807) is 18.2 Å². The number of nitrogens with zero attached hydrogens (tertiary/aromatic N) is 2. The van der Waals surface area contributed by atoms with E-state index in [0.717, 1.165) is 6.20 Å². The molecule has 0 amide bonds. The van der Waals surface area contributed by atoms with Crippen molar-refractivity contribution in [1.82, 2.24) is 4.98 Å². The highest BCUT2D eigenvalue weighted by Crippen LogP contribution is 2.24. The van der Waals surface area contributed by atoms with Gasteiger partial charge in [0, 0.05) is 18.2 Å². The summed E-state index contributed by atoms with van der Waals surface area (Å²) in [4.78, 5) is 14.0. The molecule has 98 valence electrons. The summed E-state index contributed by atoms with van der Waals surface area (Å²) in [6.07, 6.45) is 1.15. The average molecular weight is 326 g/mol. The summed E-state index contributed by atoms with van der Waals surface area (Å²) in [5.41, 5.74) is 0.387. The van der Waals surface area contributed by atoms with Crippen LogP contribution >= 0.6 is 15.9 Å². The zero-order valence-electron chi connectivity index (χ0n) is 9.64. The summed E-state index contributed by atoms with van der Waals surface area (Å²) < 4.78 is 13.9. The van der Waals surface area contributed by atoms with Gasteiger partial charge in [0.15, 0.2) is 0 Å². The molecule has 0 saturated heterocycles. The van der Waals surface area contributed by atoms with Gasteiger partial charge in [-0.1, -0.05) is 18.2 Å². The summed E-state index contributed by atoms with van der Waals surface area (Å²) in [5, 5.41) is 13.5. The first-order valence-electron chi connectivity index (χ1n) is 5.35. The van der Waals surface area contributed by atoms with Gasteiger partial charge in [0.05, 0.1) is 9.40 Å². The highest BCUT2D eigenvalue weighted by Gasteiger charge is 2.10. The van der Waals surface area contributed by atoms with Crippen LogP contribution in [0.25, 0.3) is 0 Å². The number of benzene rings is 1. The molecule has 0 radical (unpaired) electrons. The first-order valence-corrected chi connectivity index (χ1v) is 6.14. The van der Waals surface area contributed by atoms with E-state index in [1.165, 1.54) is 12.1 Å². The molecule has 0 bridgehead atoms. The molecule has 0 atom stereocenters. The van der Waals surface area contributed by atoms with Crippen LogP contribution in [0.1, 0.15) is 5.56 Å². The molecule has 1 aromatic heterocycles. The van der Waals surface area contributed by atoms with E-state index >= 15 is 0 Å². The predicted molar refractivity (Wildman–Crippen MR) is 72.3 cm³/mol. The fourth-order valence-corrected chi connectivity index (χ4v) is 1.96. The minimum absolute atomic E-state index is 0.108. The normalized spacial score (nSPS) is 10.2. The van der Waals surface area contributed by atoms with Gasteiger partial charge in [-0.3, -0.25) is 10.1 Å². The lowest BCUT2D eigenvalue weighted by atomic mass is 10.2. The number of rotatable bonds is 4. The summed E-state index contributed by atoms with van der Waals surface area (Å²) in [5.74, 6) is 0.113. The summed E-state index contributed by atoms with van der Waals surface area (Å²) >= 11 is 3.18. The molecule has 5 nitrogen and oxygen atoms in total. The zero-order valence-corrected chi connectivity index (χ0v) is 11.2. The fourth-order valence-electron chi connectivity index (χ4n) is 1.48.